The first kappa shape index (κ1) is 12.2. The number of hydrogen-bond acceptors (Lipinski definition) is 3. The summed E-state index contributed by atoms with van der Waals surface area (Å²) in [5.41, 5.74) is 0. The lowest BCUT2D eigenvalue weighted by Crippen LogP contribution is -2.39. The van der Waals surface area contributed by atoms with Gasteiger partial charge in [0.15, 0.2) is 0 Å². The molecule has 1 fully saturated rings. The van der Waals surface area contributed by atoms with Crippen LogP contribution >= 0.6 is 0 Å². The van der Waals surface area contributed by atoms with Crippen molar-refractivity contribution in [3.8, 4) is 0 Å². The number of ether oxygens (including phenoxy) is 1. The molecule has 0 saturated carbocycles. The lowest BCUT2D eigenvalue weighted by atomic mass is 10.1. The molecule has 2 heterocycles. The number of aryl methyl sites for hydroxylation is 1. The van der Waals surface area contributed by atoms with Crippen molar-refractivity contribution in [1.29, 1.82) is 0 Å². The van der Waals surface area contributed by atoms with Crippen molar-refractivity contribution in [2.75, 3.05) is 6.61 Å². The van der Waals surface area contributed by atoms with E-state index in [1.807, 2.05) is 19.1 Å². The van der Waals surface area contributed by atoms with Gasteiger partial charge < -0.3 is 14.5 Å². The van der Waals surface area contributed by atoms with Crippen LogP contribution in [0.2, 0.25) is 0 Å². The molecule has 4 nitrogen and oxygen atoms in total. The van der Waals surface area contributed by atoms with Gasteiger partial charge in [0.25, 0.3) is 0 Å². The molecule has 1 saturated heterocycles. The Morgan fingerprint density at radius 3 is 3.18 bits per heavy atom. The molecule has 2 rings (SSSR count). The SMILES string of the molecule is C[C@@H](CCc1ccco1)NC(=O)[C@H]1CCCO1. The van der Waals surface area contributed by atoms with Gasteiger partial charge in [-0.05, 0) is 38.3 Å². The van der Waals surface area contributed by atoms with E-state index in [4.69, 9.17) is 9.15 Å². The van der Waals surface area contributed by atoms with Crippen LogP contribution in [0.4, 0.5) is 0 Å². The number of carbonyl (C=O) groups excluding carboxylic acids is 1. The Morgan fingerprint density at radius 2 is 2.53 bits per heavy atom. The predicted octanol–water partition coefficient (Wildman–Crippen LogP) is 1.90. The van der Waals surface area contributed by atoms with Gasteiger partial charge in [0, 0.05) is 19.1 Å². The van der Waals surface area contributed by atoms with Gasteiger partial charge in [-0.1, -0.05) is 0 Å². The quantitative estimate of drug-likeness (QED) is 0.851. The fraction of sp³-hybridized carbons (Fsp3) is 0.615. The van der Waals surface area contributed by atoms with Crippen molar-refractivity contribution in [3.05, 3.63) is 24.2 Å². The third-order valence-electron chi connectivity index (χ3n) is 3.01. The van der Waals surface area contributed by atoms with Crippen molar-refractivity contribution < 1.29 is 13.9 Å². The van der Waals surface area contributed by atoms with Gasteiger partial charge in [-0.25, -0.2) is 0 Å². The normalized spacial score (nSPS) is 21.4. The lowest BCUT2D eigenvalue weighted by Gasteiger charge is -2.16. The predicted molar refractivity (Wildman–Crippen MR) is 63.6 cm³/mol. The first-order chi connectivity index (χ1) is 8.25. The summed E-state index contributed by atoms with van der Waals surface area (Å²) in [6.07, 6.45) is 4.99. The molecule has 0 bridgehead atoms. The Morgan fingerprint density at radius 1 is 1.65 bits per heavy atom. The molecule has 1 aliphatic rings. The van der Waals surface area contributed by atoms with E-state index < -0.39 is 0 Å². The standard InChI is InChI=1S/C13H19NO3/c1-10(6-7-11-4-2-8-16-11)14-13(15)12-5-3-9-17-12/h2,4,8,10,12H,3,5-7,9H2,1H3,(H,14,15)/t10-,12+/m0/s1. The van der Waals surface area contributed by atoms with E-state index in [9.17, 15) is 4.79 Å². The summed E-state index contributed by atoms with van der Waals surface area (Å²) in [7, 11) is 0. The summed E-state index contributed by atoms with van der Waals surface area (Å²) in [6, 6.07) is 3.98. The average molecular weight is 237 g/mol. The molecule has 0 aliphatic carbocycles. The second-order valence-electron chi connectivity index (χ2n) is 4.53. The lowest BCUT2D eigenvalue weighted by molar-refractivity contribution is -0.130. The van der Waals surface area contributed by atoms with Crippen LogP contribution in [0.25, 0.3) is 0 Å². The number of carbonyl (C=O) groups is 1. The zero-order chi connectivity index (χ0) is 12.1. The van der Waals surface area contributed by atoms with E-state index in [-0.39, 0.29) is 18.1 Å². The monoisotopic (exact) mass is 237 g/mol. The maximum atomic E-state index is 11.8. The van der Waals surface area contributed by atoms with Gasteiger partial charge in [0.2, 0.25) is 5.91 Å². The molecule has 1 aromatic heterocycles. The van der Waals surface area contributed by atoms with E-state index >= 15 is 0 Å². The van der Waals surface area contributed by atoms with Gasteiger partial charge in [0.05, 0.1) is 6.26 Å². The topological polar surface area (TPSA) is 51.5 Å². The number of nitrogens with one attached hydrogen (secondary N) is 1. The van der Waals surface area contributed by atoms with E-state index in [2.05, 4.69) is 5.32 Å². The second-order valence-corrected chi connectivity index (χ2v) is 4.53. The van der Waals surface area contributed by atoms with Crippen molar-refractivity contribution in [2.45, 2.75) is 44.8 Å². The van der Waals surface area contributed by atoms with Gasteiger partial charge in [-0.2, -0.15) is 0 Å². The zero-order valence-corrected chi connectivity index (χ0v) is 10.1. The molecule has 1 amide bonds. The highest BCUT2D eigenvalue weighted by Crippen LogP contribution is 2.12. The molecule has 1 aromatic rings. The van der Waals surface area contributed by atoms with Crippen molar-refractivity contribution in [1.82, 2.24) is 5.32 Å². The second kappa shape index (κ2) is 5.87. The third-order valence-corrected chi connectivity index (χ3v) is 3.01. The van der Waals surface area contributed by atoms with E-state index in [0.29, 0.717) is 6.61 Å². The number of rotatable bonds is 5. The summed E-state index contributed by atoms with van der Waals surface area (Å²) in [5, 5.41) is 2.98. The van der Waals surface area contributed by atoms with Crippen molar-refractivity contribution in [3.63, 3.8) is 0 Å². The minimum atomic E-state index is -0.235. The molecule has 0 aromatic carbocycles. The molecular formula is C13H19NO3. The minimum absolute atomic E-state index is 0.0226. The van der Waals surface area contributed by atoms with E-state index in [0.717, 1.165) is 31.4 Å². The number of hydrogen-bond donors (Lipinski definition) is 1. The maximum Gasteiger partial charge on any atom is 0.249 e. The number of furan rings is 1. The largest absolute Gasteiger partial charge is 0.469 e. The van der Waals surface area contributed by atoms with Crippen molar-refractivity contribution in [2.24, 2.45) is 0 Å². The van der Waals surface area contributed by atoms with Gasteiger partial charge in [-0.3, -0.25) is 4.79 Å². The molecule has 1 aliphatic heterocycles. The van der Waals surface area contributed by atoms with Gasteiger partial charge >= 0.3 is 0 Å². The minimum Gasteiger partial charge on any atom is -0.469 e. The van der Waals surface area contributed by atoms with Crippen LogP contribution < -0.4 is 5.32 Å². The first-order valence-electron chi connectivity index (χ1n) is 6.20. The van der Waals surface area contributed by atoms with Crippen LogP contribution in [0.15, 0.2) is 22.8 Å². The van der Waals surface area contributed by atoms with Gasteiger partial charge in [-0.15, -0.1) is 0 Å². The summed E-state index contributed by atoms with van der Waals surface area (Å²) < 4.78 is 10.6. The third kappa shape index (κ3) is 3.60. The Kier molecular flexibility index (Phi) is 4.20. The molecule has 0 unspecified atom stereocenters. The van der Waals surface area contributed by atoms with E-state index in [1.54, 1.807) is 6.26 Å². The molecule has 1 N–H and O–H groups in total. The smallest absolute Gasteiger partial charge is 0.249 e. The van der Waals surface area contributed by atoms with E-state index in [1.165, 1.54) is 0 Å². The van der Waals surface area contributed by atoms with Crippen LogP contribution in [-0.4, -0.2) is 24.7 Å². The molecule has 94 valence electrons. The first-order valence-corrected chi connectivity index (χ1v) is 6.20. The zero-order valence-electron chi connectivity index (χ0n) is 10.1. The van der Waals surface area contributed by atoms with Crippen LogP contribution in [0, 0.1) is 0 Å². The Hall–Kier alpha value is -1.29. The van der Waals surface area contributed by atoms with Crippen LogP contribution in [0.1, 0.15) is 31.9 Å². The Bertz CT molecular complexity index is 342. The van der Waals surface area contributed by atoms with Gasteiger partial charge in [0.1, 0.15) is 11.9 Å². The summed E-state index contributed by atoms with van der Waals surface area (Å²) in [5.74, 6) is 0.984. The molecular weight excluding hydrogens is 218 g/mol. The van der Waals surface area contributed by atoms with Crippen LogP contribution in [-0.2, 0) is 16.0 Å². The Balaban J connectivity index is 1.69. The van der Waals surface area contributed by atoms with Crippen molar-refractivity contribution >= 4 is 5.91 Å². The molecule has 2 atom stereocenters. The number of amides is 1. The maximum absolute atomic E-state index is 11.8. The average Bonchev–Trinajstić information content (AvgIpc) is 2.99. The summed E-state index contributed by atoms with van der Waals surface area (Å²) in [4.78, 5) is 11.8. The fourth-order valence-electron chi connectivity index (χ4n) is 2.01. The Labute approximate surface area is 101 Å². The summed E-state index contributed by atoms with van der Waals surface area (Å²) >= 11 is 0. The summed E-state index contributed by atoms with van der Waals surface area (Å²) in [6.45, 7) is 2.72. The highest BCUT2D eigenvalue weighted by atomic mass is 16.5. The highest BCUT2D eigenvalue weighted by Gasteiger charge is 2.24. The molecule has 4 heteroatoms. The fourth-order valence-corrected chi connectivity index (χ4v) is 2.01. The molecule has 17 heavy (non-hydrogen) atoms. The van der Waals surface area contributed by atoms with Crippen LogP contribution in [0.3, 0.4) is 0 Å². The molecule has 0 spiro atoms. The highest BCUT2D eigenvalue weighted by molar-refractivity contribution is 5.81. The molecule has 0 radical (unpaired) electrons. The van der Waals surface area contributed by atoms with Crippen LogP contribution in [0.5, 0.6) is 0 Å².